The summed E-state index contributed by atoms with van der Waals surface area (Å²) in [7, 11) is 3.55. The first-order chi connectivity index (χ1) is 9.66. The molecule has 2 aromatic heterocycles. The summed E-state index contributed by atoms with van der Waals surface area (Å²) >= 11 is 0. The molecule has 1 aromatic carbocycles. The number of para-hydroxylation sites is 1. The van der Waals surface area contributed by atoms with E-state index in [1.807, 2.05) is 24.3 Å². The first-order valence-electron chi connectivity index (χ1n) is 6.22. The SMILES string of the molecule is Cn1nncc1COc1cc(=O)n(C)c2ccccc12. The largest absolute Gasteiger partial charge is 0.486 e. The van der Waals surface area contributed by atoms with Gasteiger partial charge in [-0.3, -0.25) is 4.79 Å². The van der Waals surface area contributed by atoms with E-state index >= 15 is 0 Å². The van der Waals surface area contributed by atoms with Gasteiger partial charge in [0.25, 0.3) is 5.56 Å². The highest BCUT2D eigenvalue weighted by Gasteiger charge is 2.08. The number of ether oxygens (including phenoxy) is 1. The topological polar surface area (TPSA) is 61.9 Å². The van der Waals surface area contributed by atoms with Crippen molar-refractivity contribution < 1.29 is 4.74 Å². The second-order valence-corrected chi connectivity index (χ2v) is 4.56. The number of hydrogen-bond acceptors (Lipinski definition) is 4. The zero-order chi connectivity index (χ0) is 14.1. The molecule has 0 spiro atoms. The summed E-state index contributed by atoms with van der Waals surface area (Å²) in [6.07, 6.45) is 1.64. The van der Waals surface area contributed by atoms with E-state index in [0.29, 0.717) is 12.4 Å². The van der Waals surface area contributed by atoms with Crippen molar-refractivity contribution in [3.8, 4) is 5.75 Å². The second-order valence-electron chi connectivity index (χ2n) is 4.56. The van der Waals surface area contributed by atoms with Gasteiger partial charge in [0.2, 0.25) is 0 Å². The molecule has 6 heteroatoms. The fourth-order valence-electron chi connectivity index (χ4n) is 2.09. The third-order valence-corrected chi connectivity index (χ3v) is 3.30. The first-order valence-corrected chi connectivity index (χ1v) is 6.22. The molecule has 3 rings (SSSR count). The van der Waals surface area contributed by atoms with Gasteiger partial charge in [0.15, 0.2) is 0 Å². The number of aromatic nitrogens is 4. The van der Waals surface area contributed by atoms with Gasteiger partial charge in [0, 0.05) is 25.5 Å². The van der Waals surface area contributed by atoms with E-state index in [1.165, 1.54) is 6.07 Å². The molecule has 0 fully saturated rings. The Morgan fingerprint density at radius 2 is 2.05 bits per heavy atom. The molecule has 0 bridgehead atoms. The summed E-state index contributed by atoms with van der Waals surface area (Å²) < 4.78 is 9.01. The highest BCUT2D eigenvalue weighted by Crippen LogP contribution is 2.23. The van der Waals surface area contributed by atoms with Crippen LogP contribution < -0.4 is 10.3 Å². The van der Waals surface area contributed by atoms with E-state index < -0.39 is 0 Å². The minimum atomic E-state index is -0.0955. The minimum absolute atomic E-state index is 0.0955. The molecule has 0 radical (unpaired) electrons. The Bertz CT molecular complexity index is 819. The predicted molar refractivity (Wildman–Crippen MR) is 74.5 cm³/mol. The van der Waals surface area contributed by atoms with Crippen molar-refractivity contribution in [1.82, 2.24) is 19.6 Å². The molecule has 102 valence electrons. The summed E-state index contributed by atoms with van der Waals surface area (Å²) in [5.74, 6) is 0.574. The van der Waals surface area contributed by atoms with Crippen LogP contribution in [0.5, 0.6) is 5.75 Å². The van der Waals surface area contributed by atoms with E-state index in [2.05, 4.69) is 10.3 Å². The predicted octanol–water partition coefficient (Wildman–Crippen LogP) is 1.25. The summed E-state index contributed by atoms with van der Waals surface area (Å²) in [6, 6.07) is 9.16. The zero-order valence-electron chi connectivity index (χ0n) is 11.3. The lowest BCUT2D eigenvalue weighted by Gasteiger charge is -2.11. The van der Waals surface area contributed by atoms with Gasteiger partial charge in [0.1, 0.15) is 12.4 Å². The maximum Gasteiger partial charge on any atom is 0.254 e. The highest BCUT2D eigenvalue weighted by molar-refractivity contribution is 5.85. The molecule has 0 aliphatic heterocycles. The normalized spacial score (nSPS) is 10.9. The summed E-state index contributed by atoms with van der Waals surface area (Å²) in [6.45, 7) is 0.320. The van der Waals surface area contributed by atoms with Crippen molar-refractivity contribution >= 4 is 10.9 Å². The number of pyridine rings is 1. The summed E-state index contributed by atoms with van der Waals surface area (Å²) in [5.41, 5.74) is 1.59. The lowest BCUT2D eigenvalue weighted by molar-refractivity contribution is 0.297. The second kappa shape index (κ2) is 4.80. The van der Waals surface area contributed by atoms with Crippen LogP contribution in [0.4, 0.5) is 0 Å². The van der Waals surface area contributed by atoms with Gasteiger partial charge in [-0.2, -0.15) is 0 Å². The van der Waals surface area contributed by atoms with Crippen molar-refractivity contribution in [3.05, 3.63) is 52.6 Å². The molecule has 0 saturated carbocycles. The molecule has 0 saturated heterocycles. The number of benzene rings is 1. The van der Waals surface area contributed by atoms with Crippen LogP contribution in [0, 0.1) is 0 Å². The van der Waals surface area contributed by atoms with Crippen LogP contribution >= 0.6 is 0 Å². The number of aryl methyl sites for hydroxylation is 2. The molecule has 0 atom stereocenters. The van der Waals surface area contributed by atoms with Crippen molar-refractivity contribution in [2.24, 2.45) is 14.1 Å². The van der Waals surface area contributed by atoms with Crippen LogP contribution in [0.3, 0.4) is 0 Å². The van der Waals surface area contributed by atoms with Gasteiger partial charge in [-0.05, 0) is 12.1 Å². The van der Waals surface area contributed by atoms with E-state index in [9.17, 15) is 4.79 Å². The molecular formula is C14H14N4O2. The highest BCUT2D eigenvalue weighted by atomic mass is 16.5. The number of hydrogen-bond donors (Lipinski definition) is 0. The fourth-order valence-corrected chi connectivity index (χ4v) is 2.09. The van der Waals surface area contributed by atoms with Crippen LogP contribution in [0.1, 0.15) is 5.69 Å². The van der Waals surface area contributed by atoms with Crippen molar-refractivity contribution in [3.63, 3.8) is 0 Å². The Hall–Kier alpha value is -2.63. The number of nitrogens with zero attached hydrogens (tertiary/aromatic N) is 4. The van der Waals surface area contributed by atoms with Gasteiger partial charge < -0.3 is 9.30 Å². The average Bonchev–Trinajstić information content (AvgIpc) is 2.87. The van der Waals surface area contributed by atoms with Crippen molar-refractivity contribution in [2.45, 2.75) is 6.61 Å². The molecular weight excluding hydrogens is 256 g/mol. The Balaban J connectivity index is 2.01. The number of rotatable bonds is 3. The van der Waals surface area contributed by atoms with E-state index in [1.54, 1.807) is 29.5 Å². The van der Waals surface area contributed by atoms with Gasteiger partial charge in [0.05, 0.1) is 17.4 Å². The molecule has 20 heavy (non-hydrogen) atoms. The van der Waals surface area contributed by atoms with Crippen LogP contribution in [-0.4, -0.2) is 19.6 Å². The van der Waals surface area contributed by atoms with Crippen LogP contribution in [-0.2, 0) is 20.7 Å². The van der Waals surface area contributed by atoms with Crippen LogP contribution in [0.2, 0.25) is 0 Å². The third-order valence-electron chi connectivity index (χ3n) is 3.30. The third kappa shape index (κ3) is 2.05. The zero-order valence-corrected chi connectivity index (χ0v) is 11.3. The van der Waals surface area contributed by atoms with Gasteiger partial charge in [-0.15, -0.1) is 5.10 Å². The maximum atomic E-state index is 11.9. The summed E-state index contributed by atoms with van der Waals surface area (Å²) in [4.78, 5) is 11.9. The molecule has 6 nitrogen and oxygen atoms in total. The van der Waals surface area contributed by atoms with Crippen LogP contribution in [0.25, 0.3) is 10.9 Å². The average molecular weight is 270 g/mol. The van der Waals surface area contributed by atoms with E-state index in [0.717, 1.165) is 16.6 Å². The quantitative estimate of drug-likeness (QED) is 0.718. The summed E-state index contributed by atoms with van der Waals surface area (Å²) in [5, 5.41) is 8.55. The minimum Gasteiger partial charge on any atom is -0.486 e. The molecule has 3 aromatic rings. The van der Waals surface area contributed by atoms with E-state index in [-0.39, 0.29) is 5.56 Å². The lowest BCUT2D eigenvalue weighted by atomic mass is 10.2. The Labute approximate surface area is 115 Å². The monoisotopic (exact) mass is 270 g/mol. The molecule has 0 N–H and O–H groups in total. The molecule has 0 amide bonds. The Morgan fingerprint density at radius 1 is 1.25 bits per heavy atom. The standard InChI is InChI=1S/C14H14N4O2/c1-17-12-6-4-3-5-11(12)13(7-14(17)19)20-9-10-8-15-16-18(10)2/h3-8H,9H2,1-2H3. The van der Waals surface area contributed by atoms with Gasteiger partial charge >= 0.3 is 0 Å². The van der Waals surface area contributed by atoms with Gasteiger partial charge in [-0.25, -0.2) is 4.68 Å². The maximum absolute atomic E-state index is 11.9. The number of fused-ring (bicyclic) bond motifs is 1. The molecule has 2 heterocycles. The lowest BCUT2D eigenvalue weighted by Crippen LogP contribution is -2.16. The van der Waals surface area contributed by atoms with Gasteiger partial charge in [-0.1, -0.05) is 17.3 Å². The molecule has 0 aliphatic rings. The Morgan fingerprint density at radius 3 is 2.80 bits per heavy atom. The van der Waals surface area contributed by atoms with Crippen LogP contribution in [0.15, 0.2) is 41.3 Å². The van der Waals surface area contributed by atoms with E-state index in [4.69, 9.17) is 4.74 Å². The molecule has 0 unspecified atom stereocenters. The first kappa shape index (κ1) is 12.4. The van der Waals surface area contributed by atoms with Crippen molar-refractivity contribution in [2.75, 3.05) is 0 Å². The van der Waals surface area contributed by atoms with Crippen molar-refractivity contribution in [1.29, 1.82) is 0 Å². The fraction of sp³-hybridized carbons (Fsp3) is 0.214. The Kier molecular flexibility index (Phi) is 2.98. The molecule has 0 aliphatic carbocycles. The smallest absolute Gasteiger partial charge is 0.254 e.